The third-order valence-electron chi connectivity index (χ3n) is 7.50. The number of nitrogens with zero attached hydrogens (tertiary/aromatic N) is 1. The van der Waals surface area contributed by atoms with E-state index in [4.69, 9.17) is 4.74 Å². The Morgan fingerprint density at radius 1 is 0.808 bits per heavy atom. The Labute approximate surface area is 165 Å². The lowest BCUT2D eigenvalue weighted by Gasteiger charge is -2.61. The largest absolute Gasteiger partial charge is 0.321 e. The Bertz CT molecular complexity index is 403. The van der Waals surface area contributed by atoms with Gasteiger partial charge in [-0.15, -0.1) is 0 Å². The Morgan fingerprint density at radius 2 is 1.23 bits per heavy atom. The molecule has 0 saturated heterocycles. The molecule has 0 rings (SSSR count). The minimum absolute atomic E-state index is 0.0692. The molecule has 0 aliphatic rings. The molecule has 0 aliphatic carbocycles. The van der Waals surface area contributed by atoms with Crippen LogP contribution >= 0.6 is 0 Å². The molecule has 1 N–H and O–H groups in total. The van der Waals surface area contributed by atoms with Crippen molar-refractivity contribution >= 4 is 0 Å². The van der Waals surface area contributed by atoms with E-state index in [1.807, 2.05) is 0 Å². The number of hydrogen-bond donors (Lipinski definition) is 1. The van der Waals surface area contributed by atoms with Crippen molar-refractivity contribution in [2.24, 2.45) is 17.3 Å². The Hall–Kier alpha value is -0.120. The predicted molar refractivity (Wildman–Crippen MR) is 116 cm³/mol. The van der Waals surface area contributed by atoms with Gasteiger partial charge in [-0.25, -0.2) is 0 Å². The summed E-state index contributed by atoms with van der Waals surface area (Å²) in [5.41, 5.74) is -0.0551. The SMILES string of the molecule is CCC(C)(CC)OC(C(NC)(C(C)C)C(CC)(CC)C(C)C)[N+](C)(C)C. The van der Waals surface area contributed by atoms with E-state index in [-0.39, 0.29) is 22.8 Å². The van der Waals surface area contributed by atoms with Gasteiger partial charge in [0.1, 0.15) is 5.54 Å². The molecule has 0 aliphatic heterocycles. The normalized spacial score (nSPS) is 17.7. The molecule has 0 aromatic rings. The van der Waals surface area contributed by atoms with Crippen LogP contribution in [-0.4, -0.2) is 50.0 Å². The van der Waals surface area contributed by atoms with Crippen molar-refractivity contribution in [3.8, 4) is 0 Å². The second-order valence-electron chi connectivity index (χ2n) is 10.0. The first-order valence-corrected chi connectivity index (χ1v) is 11.0. The second kappa shape index (κ2) is 9.39. The summed E-state index contributed by atoms with van der Waals surface area (Å²) in [6, 6.07) is 0. The van der Waals surface area contributed by atoms with Gasteiger partial charge in [0, 0.05) is 0 Å². The van der Waals surface area contributed by atoms with Gasteiger partial charge in [-0.3, -0.25) is 0 Å². The quantitative estimate of drug-likeness (QED) is 0.351. The van der Waals surface area contributed by atoms with Crippen LogP contribution in [0.15, 0.2) is 0 Å². The highest BCUT2D eigenvalue weighted by atomic mass is 16.5. The molecule has 0 fully saturated rings. The van der Waals surface area contributed by atoms with Gasteiger partial charge in [0.2, 0.25) is 6.23 Å². The van der Waals surface area contributed by atoms with Crippen molar-refractivity contribution < 1.29 is 9.22 Å². The maximum atomic E-state index is 7.09. The second-order valence-corrected chi connectivity index (χ2v) is 10.0. The first-order chi connectivity index (χ1) is 11.8. The van der Waals surface area contributed by atoms with Crippen LogP contribution in [0.4, 0.5) is 0 Å². The van der Waals surface area contributed by atoms with Gasteiger partial charge in [0.25, 0.3) is 0 Å². The van der Waals surface area contributed by atoms with Gasteiger partial charge in [-0.05, 0) is 56.9 Å². The molecule has 0 spiro atoms. The number of likely N-dealkylation sites (N-methyl/N-ethyl adjacent to an activating group) is 2. The zero-order chi connectivity index (χ0) is 21.0. The Kier molecular flexibility index (Phi) is 9.34. The topological polar surface area (TPSA) is 21.3 Å². The molecule has 0 radical (unpaired) electrons. The van der Waals surface area contributed by atoms with E-state index < -0.39 is 0 Å². The third-order valence-corrected chi connectivity index (χ3v) is 7.50. The number of hydrogen-bond acceptors (Lipinski definition) is 2. The van der Waals surface area contributed by atoms with Crippen LogP contribution in [0.3, 0.4) is 0 Å². The Morgan fingerprint density at radius 3 is 1.42 bits per heavy atom. The highest BCUT2D eigenvalue weighted by Gasteiger charge is 2.62. The fourth-order valence-electron chi connectivity index (χ4n) is 5.44. The van der Waals surface area contributed by atoms with Gasteiger partial charge >= 0.3 is 0 Å². The monoisotopic (exact) mass is 371 g/mol. The first-order valence-electron chi connectivity index (χ1n) is 11.0. The van der Waals surface area contributed by atoms with Gasteiger partial charge < -0.3 is 14.5 Å². The fraction of sp³-hybridized carbons (Fsp3) is 1.00. The molecule has 0 saturated carbocycles. The molecular formula is C23H51N2O+. The molecule has 0 amide bonds. The summed E-state index contributed by atoms with van der Waals surface area (Å²) in [6.45, 7) is 21.1. The average Bonchev–Trinajstić information content (AvgIpc) is 2.56. The smallest absolute Gasteiger partial charge is 0.212 e. The van der Waals surface area contributed by atoms with E-state index in [1.165, 1.54) is 0 Å². The molecule has 158 valence electrons. The number of nitrogens with one attached hydrogen (secondary N) is 1. The third kappa shape index (κ3) is 4.47. The van der Waals surface area contributed by atoms with Crippen LogP contribution in [-0.2, 0) is 4.74 Å². The standard InChI is InChI=1S/C23H51N2O/c1-14-21(9,15-2)26-20(25(11,12)13)23(24-10,19(7)8)22(16-3,17-4)18(5)6/h18-20,24H,14-17H2,1-13H3/q+1. The zero-order valence-electron chi connectivity index (χ0n) is 20.4. The van der Waals surface area contributed by atoms with Crippen LogP contribution in [0.1, 0.15) is 88.0 Å². The van der Waals surface area contributed by atoms with Crippen LogP contribution < -0.4 is 5.32 Å². The van der Waals surface area contributed by atoms with Gasteiger partial charge in [-0.2, -0.15) is 0 Å². The van der Waals surface area contributed by atoms with E-state index >= 15 is 0 Å². The summed E-state index contributed by atoms with van der Waals surface area (Å²) in [6.07, 6.45) is 4.43. The van der Waals surface area contributed by atoms with Crippen LogP contribution in [0, 0.1) is 17.3 Å². The van der Waals surface area contributed by atoms with Crippen LogP contribution in [0.25, 0.3) is 0 Å². The molecule has 0 aromatic heterocycles. The van der Waals surface area contributed by atoms with Crippen molar-refractivity contribution in [3.63, 3.8) is 0 Å². The maximum absolute atomic E-state index is 7.09. The highest BCUT2D eigenvalue weighted by molar-refractivity contribution is 5.09. The number of rotatable bonds is 12. The Balaban J connectivity index is 6.78. The summed E-state index contributed by atoms with van der Waals surface area (Å²) in [5.74, 6) is 1.02. The first kappa shape index (κ1) is 25.9. The van der Waals surface area contributed by atoms with Crippen molar-refractivity contribution in [1.29, 1.82) is 0 Å². The molecule has 0 aromatic carbocycles. The molecular weight excluding hydrogens is 320 g/mol. The van der Waals surface area contributed by atoms with Gasteiger partial charge in [0.05, 0.1) is 26.7 Å². The zero-order valence-corrected chi connectivity index (χ0v) is 20.4. The van der Waals surface area contributed by atoms with Crippen LogP contribution in [0.2, 0.25) is 0 Å². The maximum Gasteiger partial charge on any atom is 0.212 e. The van der Waals surface area contributed by atoms with Crippen molar-refractivity contribution in [2.75, 3.05) is 28.2 Å². The van der Waals surface area contributed by atoms with E-state index in [0.29, 0.717) is 11.8 Å². The van der Waals surface area contributed by atoms with Gasteiger partial charge in [-0.1, -0.05) is 55.4 Å². The summed E-state index contributed by atoms with van der Waals surface area (Å²) in [4.78, 5) is 0. The molecule has 2 unspecified atom stereocenters. The molecule has 0 heterocycles. The molecule has 0 bridgehead atoms. The lowest BCUT2D eigenvalue weighted by Crippen LogP contribution is -2.76. The summed E-state index contributed by atoms with van der Waals surface area (Å²) in [7, 11) is 9.04. The van der Waals surface area contributed by atoms with Crippen molar-refractivity contribution in [1.82, 2.24) is 5.32 Å². The fourth-order valence-corrected chi connectivity index (χ4v) is 5.44. The minimum Gasteiger partial charge on any atom is -0.321 e. The highest BCUT2D eigenvalue weighted by Crippen LogP contribution is 2.52. The van der Waals surface area contributed by atoms with E-state index in [1.54, 1.807) is 0 Å². The molecule has 3 heteroatoms. The lowest BCUT2D eigenvalue weighted by atomic mass is 9.54. The molecule has 3 nitrogen and oxygen atoms in total. The molecule has 2 atom stereocenters. The predicted octanol–water partition coefficient (Wildman–Crippen LogP) is 5.69. The lowest BCUT2D eigenvalue weighted by molar-refractivity contribution is -0.929. The average molecular weight is 372 g/mol. The summed E-state index contributed by atoms with van der Waals surface area (Å²) in [5, 5.41) is 3.88. The van der Waals surface area contributed by atoms with Crippen LogP contribution in [0.5, 0.6) is 0 Å². The van der Waals surface area contributed by atoms with Gasteiger partial charge in [0.15, 0.2) is 0 Å². The van der Waals surface area contributed by atoms with E-state index in [9.17, 15) is 0 Å². The minimum atomic E-state index is -0.117. The van der Waals surface area contributed by atoms with E-state index in [2.05, 4.69) is 95.8 Å². The molecule has 26 heavy (non-hydrogen) atoms. The van der Waals surface area contributed by atoms with E-state index in [0.717, 1.165) is 30.2 Å². The van der Waals surface area contributed by atoms with Crippen molar-refractivity contribution in [3.05, 3.63) is 0 Å². The number of ether oxygens (including phenoxy) is 1. The summed E-state index contributed by atoms with van der Waals surface area (Å²) < 4.78 is 7.88. The summed E-state index contributed by atoms with van der Waals surface area (Å²) >= 11 is 0. The number of quaternary nitrogens is 1. The van der Waals surface area contributed by atoms with Crippen molar-refractivity contribution in [2.45, 2.75) is 105 Å².